The molecular weight excluding hydrogens is 532 g/mol. The molecule has 0 radical (unpaired) electrons. The summed E-state index contributed by atoms with van der Waals surface area (Å²) in [6.45, 7) is 2.78. The Bertz CT molecular complexity index is 1030. The average Bonchev–Trinajstić information content (AvgIpc) is 2.85. The van der Waals surface area contributed by atoms with Gasteiger partial charge >= 0.3 is 12.4 Å². The molecule has 0 bridgehead atoms. The zero-order valence-corrected chi connectivity index (χ0v) is 21.3. The standard InChI is InChI=1S/C27H33F6NO5/c1-16(35)23-25(38)24(37)22(36)14-34(23)9-3-2-4-10-39-15-17-5-7-18(8-6-17)19-11-20(26(28,29)30)13-21(12-19)27(31,32)33/h5-8,11-13,16,22-25,35-38H,2-4,9-10,14-15H2,1H3/t16-,22+,23+,24-,25-/m1/s1. The van der Waals surface area contributed by atoms with E-state index in [0.29, 0.717) is 43.7 Å². The fourth-order valence-corrected chi connectivity index (χ4v) is 4.75. The van der Waals surface area contributed by atoms with Crippen LogP contribution in [-0.4, -0.2) is 75.5 Å². The van der Waals surface area contributed by atoms with E-state index in [1.54, 1.807) is 17.0 Å². The van der Waals surface area contributed by atoms with Crippen molar-refractivity contribution in [2.75, 3.05) is 19.7 Å². The third-order valence-electron chi connectivity index (χ3n) is 6.81. The van der Waals surface area contributed by atoms with Crippen LogP contribution in [0.4, 0.5) is 26.3 Å². The van der Waals surface area contributed by atoms with Crippen LogP contribution in [0.1, 0.15) is 42.9 Å². The van der Waals surface area contributed by atoms with Gasteiger partial charge in [-0.05, 0) is 67.6 Å². The van der Waals surface area contributed by atoms with Crippen LogP contribution in [0.3, 0.4) is 0 Å². The number of aliphatic hydroxyl groups is 4. The summed E-state index contributed by atoms with van der Waals surface area (Å²) < 4.78 is 84.4. The quantitative estimate of drug-likeness (QED) is 0.255. The zero-order chi connectivity index (χ0) is 29.0. The summed E-state index contributed by atoms with van der Waals surface area (Å²) in [7, 11) is 0. The molecule has 3 rings (SSSR count). The predicted octanol–water partition coefficient (Wildman–Crippen LogP) is 4.23. The number of aliphatic hydroxyl groups excluding tert-OH is 4. The Kier molecular flexibility index (Phi) is 10.4. The molecule has 0 aromatic heterocycles. The lowest BCUT2D eigenvalue weighted by Gasteiger charge is -2.45. The van der Waals surface area contributed by atoms with Gasteiger partial charge in [0.05, 0.1) is 36.0 Å². The minimum Gasteiger partial charge on any atom is -0.392 e. The van der Waals surface area contributed by atoms with Gasteiger partial charge in [-0.15, -0.1) is 0 Å². The van der Waals surface area contributed by atoms with E-state index in [-0.39, 0.29) is 30.3 Å². The van der Waals surface area contributed by atoms with Crippen LogP contribution >= 0.6 is 0 Å². The van der Waals surface area contributed by atoms with Crippen LogP contribution in [0.15, 0.2) is 42.5 Å². The third kappa shape index (κ3) is 8.38. The summed E-state index contributed by atoms with van der Waals surface area (Å²) in [6, 6.07) is 6.87. The molecular formula is C27H33F6NO5. The van der Waals surface area contributed by atoms with Crippen molar-refractivity contribution in [3.8, 4) is 11.1 Å². The van der Waals surface area contributed by atoms with Gasteiger partial charge in [-0.25, -0.2) is 0 Å². The van der Waals surface area contributed by atoms with Crippen molar-refractivity contribution in [3.05, 3.63) is 59.2 Å². The zero-order valence-electron chi connectivity index (χ0n) is 21.3. The molecule has 5 atom stereocenters. The smallest absolute Gasteiger partial charge is 0.392 e. The molecule has 2 aromatic carbocycles. The number of benzene rings is 2. The van der Waals surface area contributed by atoms with E-state index in [0.717, 1.165) is 6.42 Å². The fraction of sp³-hybridized carbons (Fsp3) is 0.556. The van der Waals surface area contributed by atoms with Crippen molar-refractivity contribution < 1.29 is 51.5 Å². The van der Waals surface area contributed by atoms with E-state index in [4.69, 9.17) is 4.74 Å². The second kappa shape index (κ2) is 13.0. The summed E-state index contributed by atoms with van der Waals surface area (Å²) in [6.07, 6.45) is -12.2. The molecule has 1 aliphatic heterocycles. The van der Waals surface area contributed by atoms with E-state index in [1.165, 1.54) is 19.1 Å². The molecule has 0 spiro atoms. The number of rotatable bonds is 10. The minimum atomic E-state index is -4.92. The van der Waals surface area contributed by atoms with Crippen molar-refractivity contribution in [1.29, 1.82) is 0 Å². The Balaban J connectivity index is 1.47. The first-order valence-electron chi connectivity index (χ1n) is 12.6. The molecule has 1 saturated heterocycles. The topological polar surface area (TPSA) is 93.4 Å². The summed E-state index contributed by atoms with van der Waals surface area (Å²) in [4.78, 5) is 1.76. The molecule has 0 amide bonds. The van der Waals surface area contributed by atoms with Gasteiger partial charge in [0, 0.05) is 13.2 Å². The van der Waals surface area contributed by atoms with E-state index in [9.17, 15) is 46.8 Å². The normalized spacial score (nSPS) is 23.7. The first-order chi connectivity index (χ1) is 18.2. The van der Waals surface area contributed by atoms with Crippen LogP contribution in [0, 0.1) is 0 Å². The Morgan fingerprint density at radius 3 is 1.97 bits per heavy atom. The van der Waals surface area contributed by atoms with E-state index >= 15 is 0 Å². The molecule has 4 N–H and O–H groups in total. The van der Waals surface area contributed by atoms with Crippen LogP contribution in [0.25, 0.3) is 11.1 Å². The molecule has 1 fully saturated rings. The number of nitrogens with zero attached hydrogens (tertiary/aromatic N) is 1. The summed E-state index contributed by atoms with van der Waals surface area (Å²) >= 11 is 0. The number of halogens is 6. The Morgan fingerprint density at radius 2 is 1.44 bits per heavy atom. The molecule has 1 aliphatic rings. The highest BCUT2D eigenvalue weighted by Crippen LogP contribution is 2.38. The van der Waals surface area contributed by atoms with Gasteiger partial charge < -0.3 is 25.2 Å². The van der Waals surface area contributed by atoms with E-state index in [1.807, 2.05) is 0 Å². The highest BCUT2D eigenvalue weighted by Gasteiger charge is 2.43. The van der Waals surface area contributed by atoms with Crippen LogP contribution in [-0.2, 0) is 23.7 Å². The monoisotopic (exact) mass is 565 g/mol. The third-order valence-corrected chi connectivity index (χ3v) is 6.81. The molecule has 2 aromatic rings. The molecule has 12 heteroatoms. The van der Waals surface area contributed by atoms with Crippen molar-refractivity contribution in [1.82, 2.24) is 4.90 Å². The second-order valence-electron chi connectivity index (χ2n) is 9.88. The summed E-state index contributed by atoms with van der Waals surface area (Å²) in [5.41, 5.74) is -2.01. The molecule has 6 nitrogen and oxygen atoms in total. The van der Waals surface area contributed by atoms with Gasteiger partial charge in [0.25, 0.3) is 0 Å². The van der Waals surface area contributed by atoms with E-state index in [2.05, 4.69) is 0 Å². The van der Waals surface area contributed by atoms with Gasteiger partial charge in [-0.3, -0.25) is 4.90 Å². The Hall–Kier alpha value is -2.22. The maximum atomic E-state index is 13.1. The first kappa shape index (κ1) is 31.3. The minimum absolute atomic E-state index is 0.0980. The number of likely N-dealkylation sites (tertiary alicyclic amines) is 1. The van der Waals surface area contributed by atoms with Gasteiger partial charge in [0.15, 0.2) is 0 Å². The van der Waals surface area contributed by atoms with Gasteiger partial charge in [0.2, 0.25) is 0 Å². The largest absolute Gasteiger partial charge is 0.416 e. The molecule has 39 heavy (non-hydrogen) atoms. The number of piperidine rings is 1. The van der Waals surface area contributed by atoms with Crippen molar-refractivity contribution in [2.45, 2.75) is 75.6 Å². The summed E-state index contributed by atoms with van der Waals surface area (Å²) in [5.74, 6) is 0. The number of alkyl halides is 6. The maximum Gasteiger partial charge on any atom is 0.416 e. The van der Waals surface area contributed by atoms with E-state index < -0.39 is 53.9 Å². The first-order valence-corrected chi connectivity index (χ1v) is 12.6. The highest BCUT2D eigenvalue weighted by molar-refractivity contribution is 5.66. The molecule has 218 valence electrons. The Labute approximate surface area is 222 Å². The molecule has 0 saturated carbocycles. The van der Waals surface area contributed by atoms with Crippen molar-refractivity contribution >= 4 is 0 Å². The van der Waals surface area contributed by atoms with Gasteiger partial charge in [-0.1, -0.05) is 24.3 Å². The lowest BCUT2D eigenvalue weighted by molar-refractivity contribution is -0.157. The lowest BCUT2D eigenvalue weighted by atomic mass is 9.90. The second-order valence-corrected chi connectivity index (χ2v) is 9.88. The van der Waals surface area contributed by atoms with Gasteiger partial charge in [-0.2, -0.15) is 26.3 Å². The van der Waals surface area contributed by atoms with Crippen molar-refractivity contribution in [3.63, 3.8) is 0 Å². The molecule has 0 aliphatic carbocycles. The molecule has 0 unspecified atom stereocenters. The maximum absolute atomic E-state index is 13.1. The number of β-amino-alcohol motifs (C(OH)–C–C–N with tert-alkyl or cyclic N) is 1. The van der Waals surface area contributed by atoms with Crippen LogP contribution in [0.5, 0.6) is 0 Å². The van der Waals surface area contributed by atoms with Gasteiger partial charge in [0.1, 0.15) is 12.2 Å². The van der Waals surface area contributed by atoms with Crippen LogP contribution < -0.4 is 0 Å². The van der Waals surface area contributed by atoms with Crippen molar-refractivity contribution in [2.24, 2.45) is 0 Å². The SMILES string of the molecule is C[C@@H](O)[C@H]1[C@@H](O)[C@H](O)[C@@H](O)CN1CCCCCOCc1ccc(-c2cc(C(F)(F)F)cc(C(F)(F)F)c2)cc1. The fourth-order valence-electron chi connectivity index (χ4n) is 4.75. The number of ether oxygens (including phenoxy) is 1. The lowest BCUT2D eigenvalue weighted by Crippen LogP contribution is -2.64. The average molecular weight is 566 g/mol. The predicted molar refractivity (Wildman–Crippen MR) is 130 cm³/mol. The number of unbranched alkanes of at least 4 members (excludes halogenated alkanes) is 2. The highest BCUT2D eigenvalue weighted by atomic mass is 19.4. The van der Waals surface area contributed by atoms with Crippen LogP contribution in [0.2, 0.25) is 0 Å². The Morgan fingerprint density at radius 1 is 0.846 bits per heavy atom. The number of hydrogen-bond donors (Lipinski definition) is 4. The summed E-state index contributed by atoms with van der Waals surface area (Å²) in [5, 5.41) is 39.9. The molecule has 1 heterocycles. The number of hydrogen-bond acceptors (Lipinski definition) is 6.